The molecule has 124 valence electrons. The average Bonchev–Trinajstić information content (AvgIpc) is 2.51. The molecule has 0 unspecified atom stereocenters. The average molecular weight is 330 g/mol. The second kappa shape index (κ2) is 9.37. The first-order chi connectivity index (χ1) is 10.5. The Morgan fingerprint density at radius 3 is 2.59 bits per heavy atom. The first-order valence-electron chi connectivity index (χ1n) is 7.13. The number of aliphatic imine (C=N–C) groups is 1. The van der Waals surface area contributed by atoms with Crippen molar-refractivity contribution in [3.63, 3.8) is 0 Å². The van der Waals surface area contributed by atoms with Crippen LogP contribution in [0.15, 0.2) is 29.3 Å². The van der Waals surface area contributed by atoms with E-state index in [4.69, 9.17) is 0 Å². The van der Waals surface area contributed by atoms with Crippen LogP contribution in [-0.4, -0.2) is 40.3 Å². The zero-order valence-corrected chi connectivity index (χ0v) is 13.7. The summed E-state index contributed by atoms with van der Waals surface area (Å²) < 4.78 is 38.4. The lowest BCUT2D eigenvalue weighted by molar-refractivity contribution is 0.579. The monoisotopic (exact) mass is 330 g/mol. The quantitative estimate of drug-likeness (QED) is 0.374. The predicted octanol–water partition coefficient (Wildman–Crippen LogP) is 0.820. The Bertz CT molecular complexity index is 590. The van der Waals surface area contributed by atoms with Gasteiger partial charge in [0.1, 0.15) is 5.82 Å². The van der Waals surface area contributed by atoms with Crippen molar-refractivity contribution in [3.05, 3.63) is 35.6 Å². The van der Waals surface area contributed by atoms with E-state index in [1.165, 1.54) is 6.07 Å². The van der Waals surface area contributed by atoms with Crippen LogP contribution in [0.2, 0.25) is 0 Å². The summed E-state index contributed by atoms with van der Waals surface area (Å²) in [7, 11) is -1.52. The van der Waals surface area contributed by atoms with E-state index in [1.54, 1.807) is 32.2 Å². The Hall–Kier alpha value is -1.67. The third-order valence-electron chi connectivity index (χ3n) is 2.98. The Kier molecular flexibility index (Phi) is 7.83. The summed E-state index contributed by atoms with van der Waals surface area (Å²) in [6.07, 6.45) is 0.625. The normalized spacial score (nSPS) is 12.2. The van der Waals surface area contributed by atoms with Crippen molar-refractivity contribution in [2.75, 3.05) is 25.9 Å². The highest BCUT2D eigenvalue weighted by molar-refractivity contribution is 7.89. The maximum absolute atomic E-state index is 13.5. The van der Waals surface area contributed by atoms with Gasteiger partial charge < -0.3 is 10.6 Å². The Balaban J connectivity index is 2.28. The fraction of sp³-hybridized carbons (Fsp3) is 0.500. The van der Waals surface area contributed by atoms with Crippen LogP contribution in [0, 0.1) is 5.82 Å². The predicted molar refractivity (Wildman–Crippen MR) is 86.7 cm³/mol. The maximum Gasteiger partial charge on any atom is 0.211 e. The SMILES string of the molecule is CCS(=O)(=O)NCCCNC(=NC)NCc1ccccc1F. The van der Waals surface area contributed by atoms with E-state index in [1.807, 2.05) is 0 Å². The molecule has 0 spiro atoms. The maximum atomic E-state index is 13.5. The summed E-state index contributed by atoms with van der Waals surface area (Å²) in [4.78, 5) is 4.03. The molecule has 0 aliphatic carbocycles. The topological polar surface area (TPSA) is 82.6 Å². The van der Waals surface area contributed by atoms with Gasteiger partial charge in [0.05, 0.1) is 5.75 Å². The molecule has 0 radical (unpaired) electrons. The molecule has 0 amide bonds. The van der Waals surface area contributed by atoms with Gasteiger partial charge in [0, 0.05) is 32.2 Å². The minimum Gasteiger partial charge on any atom is -0.356 e. The van der Waals surface area contributed by atoms with Crippen LogP contribution in [-0.2, 0) is 16.6 Å². The van der Waals surface area contributed by atoms with Gasteiger partial charge in [0.15, 0.2) is 5.96 Å². The van der Waals surface area contributed by atoms with Crippen LogP contribution >= 0.6 is 0 Å². The molecule has 1 aromatic carbocycles. The van der Waals surface area contributed by atoms with E-state index in [-0.39, 0.29) is 11.6 Å². The molecular formula is C14H23FN4O2S. The number of hydrogen-bond acceptors (Lipinski definition) is 3. The summed E-state index contributed by atoms with van der Waals surface area (Å²) in [5.41, 5.74) is 0.557. The molecule has 0 fully saturated rings. The van der Waals surface area contributed by atoms with E-state index in [9.17, 15) is 12.8 Å². The van der Waals surface area contributed by atoms with Crippen LogP contribution < -0.4 is 15.4 Å². The number of rotatable bonds is 8. The summed E-state index contributed by atoms with van der Waals surface area (Å²) in [6.45, 7) is 2.85. The fourth-order valence-electron chi connectivity index (χ4n) is 1.67. The molecule has 3 N–H and O–H groups in total. The molecule has 1 aromatic rings. The minimum absolute atomic E-state index is 0.0757. The molecule has 0 saturated heterocycles. The summed E-state index contributed by atoms with van der Waals surface area (Å²) in [5, 5.41) is 6.05. The molecule has 0 heterocycles. The molecule has 6 nitrogen and oxygen atoms in total. The van der Waals surface area contributed by atoms with Gasteiger partial charge in [0.25, 0.3) is 0 Å². The van der Waals surface area contributed by atoms with E-state index < -0.39 is 10.0 Å². The second-order valence-electron chi connectivity index (χ2n) is 4.60. The van der Waals surface area contributed by atoms with E-state index in [0.29, 0.717) is 37.6 Å². The van der Waals surface area contributed by atoms with Crippen LogP contribution in [0.25, 0.3) is 0 Å². The minimum atomic E-state index is -3.14. The third kappa shape index (κ3) is 6.86. The summed E-state index contributed by atoms with van der Waals surface area (Å²) in [6, 6.07) is 6.53. The lowest BCUT2D eigenvalue weighted by Gasteiger charge is -2.12. The highest BCUT2D eigenvalue weighted by Gasteiger charge is 2.05. The van der Waals surface area contributed by atoms with Crippen LogP contribution in [0.4, 0.5) is 4.39 Å². The molecule has 0 atom stereocenters. The van der Waals surface area contributed by atoms with Crippen molar-refractivity contribution in [1.29, 1.82) is 0 Å². The van der Waals surface area contributed by atoms with Crippen LogP contribution in [0.1, 0.15) is 18.9 Å². The van der Waals surface area contributed by atoms with Gasteiger partial charge in [0.2, 0.25) is 10.0 Å². The highest BCUT2D eigenvalue weighted by atomic mass is 32.2. The van der Waals surface area contributed by atoms with E-state index >= 15 is 0 Å². The summed E-state index contributed by atoms with van der Waals surface area (Å²) in [5.74, 6) is 0.354. The summed E-state index contributed by atoms with van der Waals surface area (Å²) >= 11 is 0. The molecular weight excluding hydrogens is 307 g/mol. The Morgan fingerprint density at radius 1 is 1.23 bits per heavy atom. The van der Waals surface area contributed by atoms with Crippen molar-refractivity contribution >= 4 is 16.0 Å². The highest BCUT2D eigenvalue weighted by Crippen LogP contribution is 2.05. The number of sulfonamides is 1. The van der Waals surface area contributed by atoms with Gasteiger partial charge in [-0.3, -0.25) is 4.99 Å². The molecule has 0 aromatic heterocycles. The van der Waals surface area contributed by atoms with Crippen molar-refractivity contribution < 1.29 is 12.8 Å². The van der Waals surface area contributed by atoms with Gasteiger partial charge >= 0.3 is 0 Å². The van der Waals surface area contributed by atoms with E-state index in [0.717, 1.165) is 0 Å². The van der Waals surface area contributed by atoms with Crippen molar-refractivity contribution in [2.45, 2.75) is 19.9 Å². The first-order valence-corrected chi connectivity index (χ1v) is 8.79. The van der Waals surface area contributed by atoms with Gasteiger partial charge in [-0.1, -0.05) is 18.2 Å². The lowest BCUT2D eigenvalue weighted by atomic mass is 10.2. The zero-order valence-electron chi connectivity index (χ0n) is 12.9. The van der Waals surface area contributed by atoms with Gasteiger partial charge in [-0.2, -0.15) is 0 Å². The lowest BCUT2D eigenvalue weighted by Crippen LogP contribution is -2.38. The van der Waals surface area contributed by atoms with Crippen molar-refractivity contribution in [2.24, 2.45) is 4.99 Å². The molecule has 0 aliphatic heterocycles. The number of nitrogens with one attached hydrogen (secondary N) is 3. The number of halogens is 1. The standard InChI is InChI=1S/C14H23FN4O2S/c1-3-22(20,21)19-10-6-9-17-14(16-2)18-11-12-7-4-5-8-13(12)15/h4-5,7-8,19H,3,6,9-11H2,1-2H3,(H2,16,17,18). The number of guanidine groups is 1. The smallest absolute Gasteiger partial charge is 0.211 e. The molecule has 0 aliphatic rings. The number of nitrogens with zero attached hydrogens (tertiary/aromatic N) is 1. The van der Waals surface area contributed by atoms with Gasteiger partial charge in [-0.25, -0.2) is 17.5 Å². The molecule has 0 saturated carbocycles. The van der Waals surface area contributed by atoms with Gasteiger partial charge in [-0.05, 0) is 19.4 Å². The second-order valence-corrected chi connectivity index (χ2v) is 6.69. The Morgan fingerprint density at radius 2 is 1.95 bits per heavy atom. The van der Waals surface area contributed by atoms with E-state index in [2.05, 4.69) is 20.3 Å². The fourth-order valence-corrected chi connectivity index (χ4v) is 2.33. The van der Waals surface area contributed by atoms with Crippen molar-refractivity contribution in [1.82, 2.24) is 15.4 Å². The third-order valence-corrected chi connectivity index (χ3v) is 4.38. The van der Waals surface area contributed by atoms with Crippen molar-refractivity contribution in [3.8, 4) is 0 Å². The number of benzene rings is 1. The molecule has 1 rings (SSSR count). The zero-order chi connectivity index (χ0) is 16.4. The molecule has 22 heavy (non-hydrogen) atoms. The van der Waals surface area contributed by atoms with Gasteiger partial charge in [-0.15, -0.1) is 0 Å². The Labute approximate surface area is 131 Å². The van der Waals surface area contributed by atoms with Crippen LogP contribution in [0.3, 0.4) is 0 Å². The number of hydrogen-bond donors (Lipinski definition) is 3. The largest absolute Gasteiger partial charge is 0.356 e. The van der Waals surface area contributed by atoms with Crippen LogP contribution in [0.5, 0.6) is 0 Å². The molecule has 0 bridgehead atoms. The first kappa shape index (κ1) is 18.4. The molecule has 8 heteroatoms.